The highest BCUT2D eigenvalue weighted by atomic mass is 35.5. The van der Waals surface area contributed by atoms with Crippen molar-refractivity contribution in [2.45, 2.75) is 18.7 Å². The molecule has 0 fully saturated rings. The normalized spacial score (nSPS) is 11.5. The van der Waals surface area contributed by atoms with E-state index in [0.717, 1.165) is 4.31 Å². The Morgan fingerprint density at radius 3 is 2.42 bits per heavy atom. The van der Waals surface area contributed by atoms with Crippen LogP contribution in [0.5, 0.6) is 5.75 Å². The molecule has 0 aliphatic heterocycles. The van der Waals surface area contributed by atoms with E-state index >= 15 is 0 Å². The first-order valence-electron chi connectivity index (χ1n) is 7.77. The predicted octanol–water partition coefficient (Wildman–Crippen LogP) is 3.47. The highest BCUT2D eigenvalue weighted by molar-refractivity contribution is 7.89. The number of benzene rings is 2. The van der Waals surface area contributed by atoms with Gasteiger partial charge in [-0.15, -0.1) is 0 Å². The summed E-state index contributed by atoms with van der Waals surface area (Å²) in [7, 11) is 0.686. The molecule has 2 aromatic carbocycles. The molecule has 140 valence electrons. The van der Waals surface area contributed by atoms with Crippen molar-refractivity contribution in [3.8, 4) is 5.75 Å². The van der Waals surface area contributed by atoms with Crippen LogP contribution in [0.2, 0.25) is 5.02 Å². The number of carbonyl (C=O) groups excluding carboxylic acids is 1. The molecule has 26 heavy (non-hydrogen) atoms. The Balaban J connectivity index is 2.49. The summed E-state index contributed by atoms with van der Waals surface area (Å²) in [5, 5.41) is 3.08. The fourth-order valence-corrected chi connectivity index (χ4v) is 3.90. The van der Waals surface area contributed by atoms with Crippen molar-refractivity contribution in [1.29, 1.82) is 0 Å². The van der Waals surface area contributed by atoms with Gasteiger partial charge in [0.25, 0.3) is 5.91 Å². The quantitative estimate of drug-likeness (QED) is 0.839. The van der Waals surface area contributed by atoms with Gasteiger partial charge in [-0.3, -0.25) is 4.79 Å². The van der Waals surface area contributed by atoms with E-state index in [1.54, 1.807) is 38.1 Å². The van der Waals surface area contributed by atoms with Crippen LogP contribution >= 0.6 is 11.6 Å². The zero-order valence-electron chi connectivity index (χ0n) is 15.3. The van der Waals surface area contributed by atoms with Crippen LogP contribution in [0.15, 0.2) is 35.2 Å². The van der Waals surface area contributed by atoms with Gasteiger partial charge < -0.3 is 10.1 Å². The van der Waals surface area contributed by atoms with Crippen molar-refractivity contribution >= 4 is 33.2 Å². The van der Waals surface area contributed by atoms with Crippen molar-refractivity contribution in [2.75, 3.05) is 26.5 Å². The third-order valence-electron chi connectivity index (χ3n) is 4.06. The number of nitrogens with one attached hydrogen (secondary N) is 1. The molecule has 0 atom stereocenters. The number of hydrogen-bond donors (Lipinski definition) is 1. The largest absolute Gasteiger partial charge is 0.493 e. The number of halogens is 1. The van der Waals surface area contributed by atoms with E-state index in [4.69, 9.17) is 16.3 Å². The molecule has 2 aromatic rings. The summed E-state index contributed by atoms with van der Waals surface area (Å²) >= 11 is 6.06. The Labute approximate surface area is 158 Å². The maximum atomic E-state index is 12.7. The molecular weight excluding hydrogens is 376 g/mol. The predicted molar refractivity (Wildman–Crippen MR) is 103 cm³/mol. The van der Waals surface area contributed by atoms with Gasteiger partial charge in [-0.25, -0.2) is 12.7 Å². The number of methoxy groups -OCH3 is 1. The summed E-state index contributed by atoms with van der Waals surface area (Å²) in [5.41, 5.74) is 1.95. The molecule has 8 heteroatoms. The van der Waals surface area contributed by atoms with Crippen molar-refractivity contribution in [2.24, 2.45) is 0 Å². The van der Waals surface area contributed by atoms with Crippen molar-refractivity contribution < 1.29 is 17.9 Å². The van der Waals surface area contributed by atoms with E-state index in [1.807, 2.05) is 0 Å². The highest BCUT2D eigenvalue weighted by Crippen LogP contribution is 2.33. The number of sulfonamides is 1. The third-order valence-corrected chi connectivity index (χ3v) is 6.30. The Morgan fingerprint density at radius 1 is 1.19 bits per heavy atom. The van der Waals surface area contributed by atoms with E-state index in [9.17, 15) is 13.2 Å². The maximum absolute atomic E-state index is 12.7. The van der Waals surface area contributed by atoms with Crippen LogP contribution in [0, 0.1) is 13.8 Å². The number of carbonyl (C=O) groups is 1. The molecule has 0 saturated carbocycles. The lowest BCUT2D eigenvalue weighted by Crippen LogP contribution is -2.24. The second-order valence-electron chi connectivity index (χ2n) is 5.98. The second-order valence-corrected chi connectivity index (χ2v) is 8.51. The monoisotopic (exact) mass is 396 g/mol. The molecule has 6 nitrogen and oxygen atoms in total. The lowest BCUT2D eigenvalue weighted by molar-refractivity contribution is 0.102. The Morgan fingerprint density at radius 2 is 1.85 bits per heavy atom. The van der Waals surface area contributed by atoms with Crippen LogP contribution in [0.1, 0.15) is 21.5 Å². The van der Waals surface area contributed by atoms with Crippen molar-refractivity contribution in [1.82, 2.24) is 4.31 Å². The van der Waals surface area contributed by atoms with Crippen LogP contribution in [0.4, 0.5) is 5.69 Å². The van der Waals surface area contributed by atoms with Gasteiger partial charge in [-0.05, 0) is 49.2 Å². The van der Waals surface area contributed by atoms with Gasteiger partial charge in [0, 0.05) is 19.7 Å². The van der Waals surface area contributed by atoms with Gasteiger partial charge in [0.15, 0.2) is 5.75 Å². The number of ether oxygens (including phenoxy) is 1. The first-order valence-corrected chi connectivity index (χ1v) is 9.59. The van der Waals surface area contributed by atoms with Crippen LogP contribution in [-0.4, -0.2) is 39.8 Å². The summed E-state index contributed by atoms with van der Waals surface area (Å²) in [6.07, 6.45) is 0. The molecule has 1 amide bonds. The average Bonchev–Trinajstić information content (AvgIpc) is 2.57. The van der Waals surface area contributed by atoms with Crippen LogP contribution < -0.4 is 10.1 Å². The minimum atomic E-state index is -3.67. The lowest BCUT2D eigenvalue weighted by atomic mass is 10.1. The smallest absolute Gasteiger partial charge is 0.255 e. The zero-order valence-corrected chi connectivity index (χ0v) is 16.8. The SMILES string of the molecule is COc1c(Cl)cccc1NC(=O)c1cc(C)c(C)c(S(=O)(=O)N(C)C)c1. The van der Waals surface area contributed by atoms with E-state index in [2.05, 4.69) is 5.32 Å². The van der Waals surface area contributed by atoms with Gasteiger partial charge in [0.1, 0.15) is 0 Å². The molecule has 0 aliphatic carbocycles. The molecule has 0 radical (unpaired) electrons. The molecule has 0 spiro atoms. The second kappa shape index (κ2) is 7.65. The van der Waals surface area contributed by atoms with Crippen molar-refractivity contribution in [3.63, 3.8) is 0 Å². The van der Waals surface area contributed by atoms with E-state index in [1.165, 1.54) is 27.3 Å². The minimum Gasteiger partial charge on any atom is -0.493 e. The van der Waals surface area contributed by atoms with Gasteiger partial charge >= 0.3 is 0 Å². The lowest BCUT2D eigenvalue weighted by Gasteiger charge is -2.17. The summed E-state index contributed by atoms with van der Waals surface area (Å²) in [4.78, 5) is 12.8. The zero-order chi connectivity index (χ0) is 19.6. The van der Waals surface area contributed by atoms with Gasteiger partial charge in [-0.2, -0.15) is 0 Å². The van der Waals surface area contributed by atoms with E-state index in [-0.39, 0.29) is 10.5 Å². The molecule has 2 rings (SSSR count). The van der Waals surface area contributed by atoms with Crippen molar-refractivity contribution in [3.05, 3.63) is 52.0 Å². The van der Waals surface area contributed by atoms with Crippen LogP contribution in [0.25, 0.3) is 0 Å². The van der Waals surface area contributed by atoms with Crippen LogP contribution in [-0.2, 0) is 10.0 Å². The van der Waals surface area contributed by atoms with E-state index < -0.39 is 15.9 Å². The van der Waals surface area contributed by atoms with Crippen LogP contribution in [0.3, 0.4) is 0 Å². The number of para-hydroxylation sites is 1. The Hall–Kier alpha value is -2.09. The third kappa shape index (κ3) is 3.85. The summed E-state index contributed by atoms with van der Waals surface area (Å²) in [6, 6.07) is 8.01. The van der Waals surface area contributed by atoms with Gasteiger partial charge in [0.05, 0.1) is 22.7 Å². The summed E-state index contributed by atoms with van der Waals surface area (Å²) in [6.45, 7) is 3.48. The molecular formula is C18H21ClN2O4S. The number of aryl methyl sites for hydroxylation is 1. The molecule has 0 heterocycles. The molecule has 0 aliphatic rings. The first kappa shape index (κ1) is 20.2. The molecule has 1 N–H and O–H groups in total. The number of hydrogen-bond acceptors (Lipinski definition) is 4. The summed E-state index contributed by atoms with van der Waals surface area (Å²) < 4.78 is 31.4. The standard InChI is InChI=1S/C18H21ClN2O4S/c1-11-9-13(10-16(12(11)2)26(23,24)21(3)4)18(22)20-15-8-6-7-14(19)17(15)25-5/h6-10H,1-5H3,(H,20,22). The topological polar surface area (TPSA) is 75.7 Å². The highest BCUT2D eigenvalue weighted by Gasteiger charge is 2.23. The number of rotatable bonds is 5. The molecule has 0 bridgehead atoms. The Kier molecular flexibility index (Phi) is 5.95. The van der Waals surface area contributed by atoms with Gasteiger partial charge in [-0.1, -0.05) is 17.7 Å². The summed E-state index contributed by atoms with van der Waals surface area (Å²) in [5.74, 6) is -0.114. The molecule has 0 saturated heterocycles. The molecule has 0 aromatic heterocycles. The number of nitrogens with zero attached hydrogens (tertiary/aromatic N) is 1. The van der Waals surface area contributed by atoms with E-state index in [0.29, 0.717) is 27.6 Å². The minimum absolute atomic E-state index is 0.103. The first-order chi connectivity index (χ1) is 12.1. The fraction of sp³-hybridized carbons (Fsp3) is 0.278. The average molecular weight is 397 g/mol. The fourth-order valence-electron chi connectivity index (χ4n) is 2.43. The maximum Gasteiger partial charge on any atom is 0.255 e. The number of anilines is 1. The number of amides is 1. The van der Waals surface area contributed by atoms with Gasteiger partial charge in [0.2, 0.25) is 10.0 Å². The Bertz CT molecular complexity index is 956. The molecule has 0 unspecified atom stereocenters.